The van der Waals surface area contributed by atoms with Crippen molar-refractivity contribution in [2.24, 2.45) is 0 Å². The van der Waals surface area contributed by atoms with Crippen LogP contribution in [0.1, 0.15) is 0 Å². The maximum atomic E-state index is 13.4. The molecule has 1 rings (SSSR count). The van der Waals surface area contributed by atoms with E-state index in [1.54, 1.807) is 0 Å². The van der Waals surface area contributed by atoms with E-state index in [1.807, 2.05) is 0 Å². The van der Waals surface area contributed by atoms with Crippen LogP contribution < -0.4 is 10.1 Å². The largest absolute Gasteiger partial charge is 0.497 e. The number of rotatable bonds is 4. The lowest BCUT2D eigenvalue weighted by molar-refractivity contribution is -0.131. The Labute approximate surface area is 96.5 Å². The van der Waals surface area contributed by atoms with Crippen molar-refractivity contribution >= 4 is 17.6 Å². The van der Waals surface area contributed by atoms with E-state index >= 15 is 0 Å². The van der Waals surface area contributed by atoms with E-state index in [0.717, 1.165) is 12.1 Å². The zero-order valence-electron chi connectivity index (χ0n) is 8.94. The zero-order valence-corrected chi connectivity index (χ0v) is 8.94. The van der Waals surface area contributed by atoms with Gasteiger partial charge >= 0.3 is 5.97 Å². The van der Waals surface area contributed by atoms with Gasteiger partial charge in [0.2, 0.25) is 5.91 Å². The van der Waals surface area contributed by atoms with Gasteiger partial charge in [-0.15, -0.1) is 0 Å². The first-order chi connectivity index (χ1) is 8.02. The highest BCUT2D eigenvalue weighted by atomic mass is 19.1. The highest BCUT2D eigenvalue weighted by Crippen LogP contribution is 2.20. The van der Waals surface area contributed by atoms with Crippen LogP contribution in [-0.4, -0.2) is 24.1 Å². The number of nitrogens with one attached hydrogen (secondary N) is 1. The van der Waals surface area contributed by atoms with E-state index in [0.29, 0.717) is 11.8 Å². The molecule has 0 aromatic heterocycles. The number of anilines is 1. The minimum absolute atomic E-state index is 0.0501. The lowest BCUT2D eigenvalue weighted by atomic mass is 10.3. The molecule has 0 bridgehead atoms. The molecule has 0 saturated heterocycles. The number of aliphatic carboxylic acids is 1. The number of hydrogen-bond acceptors (Lipinski definition) is 3. The van der Waals surface area contributed by atoms with Crippen LogP contribution >= 0.6 is 0 Å². The van der Waals surface area contributed by atoms with Crippen LogP contribution in [0.4, 0.5) is 10.1 Å². The molecule has 1 aromatic rings. The standard InChI is InChI=1S/C11H10FNO4/c1-17-7-2-3-9(8(12)6-7)13-10(14)4-5-11(15)16/h2-6H,1H3,(H,13,14)(H,15,16)/b5-4+. The van der Waals surface area contributed by atoms with Crippen molar-refractivity contribution in [2.45, 2.75) is 0 Å². The zero-order chi connectivity index (χ0) is 12.8. The number of benzene rings is 1. The second-order valence-corrected chi connectivity index (χ2v) is 3.01. The fourth-order valence-electron chi connectivity index (χ4n) is 1.05. The Hall–Kier alpha value is -2.37. The lowest BCUT2D eigenvalue weighted by Crippen LogP contribution is -2.10. The van der Waals surface area contributed by atoms with Crippen molar-refractivity contribution in [1.29, 1.82) is 0 Å². The first-order valence-corrected chi connectivity index (χ1v) is 4.58. The summed E-state index contributed by atoms with van der Waals surface area (Å²) in [5.74, 6) is -2.32. The number of ether oxygens (including phenoxy) is 1. The number of amides is 1. The Morgan fingerprint density at radius 3 is 2.65 bits per heavy atom. The summed E-state index contributed by atoms with van der Waals surface area (Å²) in [5.41, 5.74) is -0.0501. The van der Waals surface area contributed by atoms with Gasteiger partial charge in [-0.2, -0.15) is 0 Å². The molecule has 17 heavy (non-hydrogen) atoms. The highest BCUT2D eigenvalue weighted by molar-refractivity contribution is 6.02. The summed E-state index contributed by atoms with van der Waals surface area (Å²) in [7, 11) is 1.39. The minimum atomic E-state index is -1.25. The van der Waals surface area contributed by atoms with E-state index in [2.05, 4.69) is 5.32 Å². The maximum Gasteiger partial charge on any atom is 0.328 e. The molecule has 5 nitrogen and oxygen atoms in total. The molecule has 1 amide bonds. The molecule has 0 saturated carbocycles. The van der Waals surface area contributed by atoms with Gasteiger partial charge in [-0.1, -0.05) is 0 Å². The van der Waals surface area contributed by atoms with Crippen LogP contribution in [0.5, 0.6) is 5.75 Å². The van der Waals surface area contributed by atoms with E-state index in [1.165, 1.54) is 19.2 Å². The maximum absolute atomic E-state index is 13.4. The topological polar surface area (TPSA) is 75.6 Å². The SMILES string of the molecule is COc1ccc(NC(=O)/C=C/C(=O)O)c(F)c1. The normalized spacial score (nSPS) is 10.2. The molecule has 0 aliphatic carbocycles. The van der Waals surface area contributed by atoms with Crippen molar-refractivity contribution in [3.05, 3.63) is 36.2 Å². The summed E-state index contributed by atoms with van der Waals surface area (Å²) in [6.07, 6.45) is 1.46. The van der Waals surface area contributed by atoms with Crippen molar-refractivity contribution in [3.63, 3.8) is 0 Å². The van der Waals surface area contributed by atoms with Crippen molar-refractivity contribution in [2.75, 3.05) is 12.4 Å². The second kappa shape index (κ2) is 5.64. The summed E-state index contributed by atoms with van der Waals surface area (Å²) < 4.78 is 18.2. The fraction of sp³-hybridized carbons (Fsp3) is 0.0909. The molecule has 0 spiro atoms. The summed E-state index contributed by atoms with van der Waals surface area (Å²) >= 11 is 0. The van der Waals surface area contributed by atoms with Crippen LogP contribution in [0.3, 0.4) is 0 Å². The lowest BCUT2D eigenvalue weighted by Gasteiger charge is -2.05. The van der Waals surface area contributed by atoms with Gasteiger partial charge in [0.05, 0.1) is 12.8 Å². The van der Waals surface area contributed by atoms with Crippen molar-refractivity contribution in [1.82, 2.24) is 0 Å². The molecule has 0 aliphatic heterocycles. The fourth-order valence-corrected chi connectivity index (χ4v) is 1.05. The Balaban J connectivity index is 2.75. The quantitative estimate of drug-likeness (QED) is 0.779. The van der Waals surface area contributed by atoms with Crippen LogP contribution in [0.25, 0.3) is 0 Å². The Morgan fingerprint density at radius 1 is 1.41 bits per heavy atom. The predicted octanol–water partition coefficient (Wildman–Crippen LogP) is 1.41. The van der Waals surface area contributed by atoms with Crippen LogP contribution in [0.15, 0.2) is 30.4 Å². The number of carboxylic acids is 1. The van der Waals surface area contributed by atoms with Crippen molar-refractivity contribution < 1.29 is 23.8 Å². The van der Waals surface area contributed by atoms with Gasteiger partial charge in [0, 0.05) is 18.2 Å². The van der Waals surface area contributed by atoms with Gasteiger partial charge in [0.25, 0.3) is 0 Å². The van der Waals surface area contributed by atoms with Gasteiger partial charge in [-0.3, -0.25) is 4.79 Å². The number of methoxy groups -OCH3 is 1. The molecule has 1 aromatic carbocycles. The van der Waals surface area contributed by atoms with Gasteiger partial charge in [-0.05, 0) is 12.1 Å². The third kappa shape index (κ3) is 3.94. The Bertz CT molecular complexity index is 471. The van der Waals surface area contributed by atoms with Crippen LogP contribution in [0.2, 0.25) is 0 Å². The van der Waals surface area contributed by atoms with Gasteiger partial charge in [0.1, 0.15) is 11.6 Å². The molecule has 6 heteroatoms. The van der Waals surface area contributed by atoms with E-state index < -0.39 is 17.7 Å². The molecule has 0 radical (unpaired) electrons. The summed E-state index contributed by atoms with van der Waals surface area (Å²) in [6.45, 7) is 0. The van der Waals surface area contributed by atoms with Gasteiger partial charge in [0.15, 0.2) is 0 Å². The number of carboxylic acid groups (broad SMARTS) is 1. The average molecular weight is 239 g/mol. The number of carbonyl (C=O) groups is 2. The monoisotopic (exact) mass is 239 g/mol. The molecule has 0 atom stereocenters. The number of hydrogen-bond donors (Lipinski definition) is 2. The van der Waals surface area contributed by atoms with E-state index in [4.69, 9.17) is 9.84 Å². The number of halogens is 1. The van der Waals surface area contributed by atoms with Gasteiger partial charge < -0.3 is 15.2 Å². The predicted molar refractivity (Wildman–Crippen MR) is 58.4 cm³/mol. The summed E-state index contributed by atoms with van der Waals surface area (Å²) in [4.78, 5) is 21.3. The van der Waals surface area contributed by atoms with Crippen LogP contribution in [0, 0.1) is 5.82 Å². The Kier molecular flexibility index (Phi) is 4.21. The molecule has 2 N–H and O–H groups in total. The summed E-state index contributed by atoms with van der Waals surface area (Å²) in [5, 5.41) is 10.5. The van der Waals surface area contributed by atoms with E-state index in [9.17, 15) is 14.0 Å². The molecule has 0 fully saturated rings. The smallest absolute Gasteiger partial charge is 0.328 e. The molecule has 0 heterocycles. The van der Waals surface area contributed by atoms with Crippen molar-refractivity contribution in [3.8, 4) is 5.75 Å². The first kappa shape index (κ1) is 12.7. The average Bonchev–Trinajstić information content (AvgIpc) is 2.29. The third-order valence-electron chi connectivity index (χ3n) is 1.81. The molecule has 90 valence electrons. The molecular formula is C11H10FNO4. The minimum Gasteiger partial charge on any atom is -0.497 e. The number of carbonyl (C=O) groups excluding carboxylic acids is 1. The molecule has 0 aliphatic rings. The third-order valence-corrected chi connectivity index (χ3v) is 1.81. The second-order valence-electron chi connectivity index (χ2n) is 3.01. The van der Waals surface area contributed by atoms with Gasteiger partial charge in [-0.25, -0.2) is 9.18 Å². The molecule has 0 unspecified atom stereocenters. The summed E-state index contributed by atoms with van der Waals surface area (Å²) in [6, 6.07) is 3.90. The highest BCUT2D eigenvalue weighted by Gasteiger charge is 2.06. The van der Waals surface area contributed by atoms with E-state index in [-0.39, 0.29) is 5.69 Å². The van der Waals surface area contributed by atoms with Crippen LogP contribution in [-0.2, 0) is 9.59 Å². The first-order valence-electron chi connectivity index (χ1n) is 4.58. The Morgan fingerprint density at radius 2 is 2.12 bits per heavy atom. The molecular weight excluding hydrogens is 229 g/mol.